The van der Waals surface area contributed by atoms with Gasteiger partial charge < -0.3 is 10.1 Å². The first-order valence-corrected chi connectivity index (χ1v) is 8.19. The van der Waals surface area contributed by atoms with E-state index in [1.807, 2.05) is 6.07 Å². The summed E-state index contributed by atoms with van der Waals surface area (Å²) in [6.07, 6.45) is -0.403. The second-order valence-electron chi connectivity index (χ2n) is 5.44. The smallest absolute Gasteiger partial charge is 0.306 e. The Morgan fingerprint density at radius 1 is 0.741 bits per heavy atom. The van der Waals surface area contributed by atoms with E-state index < -0.39 is 30.3 Å². The van der Waals surface area contributed by atoms with Crippen LogP contribution in [0, 0.1) is 0 Å². The van der Waals surface area contributed by atoms with Gasteiger partial charge in [-0.2, -0.15) is 0 Å². The third kappa shape index (κ3) is 7.39. The maximum absolute atomic E-state index is 11.8. The maximum atomic E-state index is 11.8. The summed E-state index contributed by atoms with van der Waals surface area (Å²) in [7, 11) is 0. The van der Waals surface area contributed by atoms with Gasteiger partial charge in [0.15, 0.2) is 6.61 Å². The van der Waals surface area contributed by atoms with Crippen LogP contribution < -0.4 is 16.2 Å². The molecule has 0 aromatic heterocycles. The molecule has 0 heterocycles. The molecule has 2 rings (SSSR count). The standard InChI is InChI=1S/C19H19N3O5/c23-16(21-22-19(26)14-7-3-1-4-8-14)11-12-18(25)27-13-17(24)20-15-9-5-2-6-10-15/h1-10H,11-13H2,(H,20,24)(H,21,23)(H,22,26). The zero-order valence-corrected chi connectivity index (χ0v) is 14.4. The van der Waals surface area contributed by atoms with Crippen LogP contribution in [-0.2, 0) is 19.1 Å². The van der Waals surface area contributed by atoms with Gasteiger partial charge >= 0.3 is 5.97 Å². The Morgan fingerprint density at radius 3 is 2.04 bits per heavy atom. The van der Waals surface area contributed by atoms with Gasteiger partial charge in [0.1, 0.15) is 0 Å². The molecule has 0 unspecified atom stereocenters. The molecule has 0 saturated carbocycles. The van der Waals surface area contributed by atoms with Crippen molar-refractivity contribution in [3.05, 3.63) is 66.2 Å². The Balaban J connectivity index is 1.61. The normalized spacial score (nSPS) is 9.78. The molecule has 0 aliphatic rings. The molecule has 0 spiro atoms. The van der Waals surface area contributed by atoms with E-state index in [0.717, 1.165) is 0 Å². The monoisotopic (exact) mass is 369 g/mol. The van der Waals surface area contributed by atoms with Crippen LogP contribution in [0.3, 0.4) is 0 Å². The molecular formula is C19H19N3O5. The van der Waals surface area contributed by atoms with Crippen molar-refractivity contribution in [2.24, 2.45) is 0 Å². The summed E-state index contributed by atoms with van der Waals surface area (Å²) < 4.78 is 4.80. The largest absolute Gasteiger partial charge is 0.456 e. The lowest BCUT2D eigenvalue weighted by molar-refractivity contribution is -0.148. The van der Waals surface area contributed by atoms with E-state index in [0.29, 0.717) is 11.3 Å². The summed E-state index contributed by atoms with van der Waals surface area (Å²) in [6.45, 7) is -0.444. The number of carbonyl (C=O) groups is 4. The van der Waals surface area contributed by atoms with Gasteiger partial charge in [0.2, 0.25) is 5.91 Å². The minimum absolute atomic E-state index is 0.186. The minimum Gasteiger partial charge on any atom is -0.456 e. The Kier molecular flexibility index (Phi) is 7.52. The molecule has 0 atom stereocenters. The van der Waals surface area contributed by atoms with Crippen LogP contribution >= 0.6 is 0 Å². The Labute approximate surface area is 155 Å². The number of esters is 1. The Hall–Kier alpha value is -3.68. The average molecular weight is 369 g/mol. The molecule has 140 valence electrons. The van der Waals surface area contributed by atoms with E-state index in [9.17, 15) is 19.2 Å². The maximum Gasteiger partial charge on any atom is 0.306 e. The molecule has 0 radical (unpaired) electrons. The second-order valence-corrected chi connectivity index (χ2v) is 5.44. The number of para-hydroxylation sites is 1. The predicted octanol–water partition coefficient (Wildman–Crippen LogP) is 1.41. The fourth-order valence-electron chi connectivity index (χ4n) is 2.00. The van der Waals surface area contributed by atoms with Crippen LogP contribution in [0.25, 0.3) is 0 Å². The van der Waals surface area contributed by atoms with Crippen molar-refractivity contribution in [3.63, 3.8) is 0 Å². The molecule has 0 bridgehead atoms. The van der Waals surface area contributed by atoms with Gasteiger partial charge in [-0.1, -0.05) is 36.4 Å². The molecule has 27 heavy (non-hydrogen) atoms. The van der Waals surface area contributed by atoms with Crippen LogP contribution in [0.2, 0.25) is 0 Å². The molecule has 0 aliphatic heterocycles. The number of amides is 3. The van der Waals surface area contributed by atoms with Crippen molar-refractivity contribution in [3.8, 4) is 0 Å². The molecule has 2 aromatic rings. The first-order chi connectivity index (χ1) is 13.0. The van der Waals surface area contributed by atoms with Crippen LogP contribution in [0.15, 0.2) is 60.7 Å². The summed E-state index contributed by atoms with van der Waals surface area (Å²) in [6, 6.07) is 17.1. The predicted molar refractivity (Wildman–Crippen MR) is 97.3 cm³/mol. The van der Waals surface area contributed by atoms with E-state index in [1.54, 1.807) is 54.6 Å². The zero-order valence-electron chi connectivity index (χ0n) is 14.4. The quantitative estimate of drug-likeness (QED) is 0.504. The molecule has 2 aromatic carbocycles. The average Bonchev–Trinajstić information content (AvgIpc) is 2.70. The Morgan fingerprint density at radius 2 is 1.37 bits per heavy atom. The molecule has 8 nitrogen and oxygen atoms in total. The lowest BCUT2D eigenvalue weighted by atomic mass is 10.2. The number of ether oxygens (including phenoxy) is 1. The fourth-order valence-corrected chi connectivity index (χ4v) is 2.00. The Bertz CT molecular complexity index is 794. The van der Waals surface area contributed by atoms with Gasteiger partial charge in [-0.05, 0) is 24.3 Å². The fraction of sp³-hybridized carbons (Fsp3) is 0.158. The molecule has 0 aliphatic carbocycles. The van der Waals surface area contributed by atoms with Gasteiger partial charge in [0.25, 0.3) is 11.8 Å². The van der Waals surface area contributed by atoms with Crippen molar-refractivity contribution >= 4 is 29.4 Å². The van der Waals surface area contributed by atoms with E-state index in [2.05, 4.69) is 16.2 Å². The van der Waals surface area contributed by atoms with Crippen LogP contribution in [0.1, 0.15) is 23.2 Å². The van der Waals surface area contributed by atoms with Crippen molar-refractivity contribution in [1.82, 2.24) is 10.9 Å². The number of carbonyl (C=O) groups excluding carboxylic acids is 4. The second kappa shape index (κ2) is 10.3. The number of hydrogen-bond donors (Lipinski definition) is 3. The van der Waals surface area contributed by atoms with Gasteiger partial charge in [-0.25, -0.2) is 0 Å². The SMILES string of the molecule is O=C(CCC(=O)OCC(=O)Nc1ccccc1)NNC(=O)c1ccccc1. The van der Waals surface area contributed by atoms with E-state index in [-0.39, 0.29) is 12.8 Å². The van der Waals surface area contributed by atoms with E-state index >= 15 is 0 Å². The highest BCUT2D eigenvalue weighted by molar-refractivity contribution is 5.95. The van der Waals surface area contributed by atoms with Gasteiger partial charge in [-0.15, -0.1) is 0 Å². The van der Waals surface area contributed by atoms with Gasteiger partial charge in [-0.3, -0.25) is 30.0 Å². The minimum atomic E-state index is -0.692. The van der Waals surface area contributed by atoms with Crippen LogP contribution in [-0.4, -0.2) is 30.3 Å². The topological polar surface area (TPSA) is 114 Å². The summed E-state index contributed by atoms with van der Waals surface area (Å²) in [5.41, 5.74) is 5.43. The van der Waals surface area contributed by atoms with Crippen molar-refractivity contribution in [1.29, 1.82) is 0 Å². The van der Waals surface area contributed by atoms with Gasteiger partial charge in [0, 0.05) is 17.7 Å². The molecular weight excluding hydrogens is 350 g/mol. The summed E-state index contributed by atoms with van der Waals surface area (Å²) in [5, 5.41) is 2.57. The number of rotatable bonds is 7. The number of hydrogen-bond acceptors (Lipinski definition) is 5. The molecule has 3 N–H and O–H groups in total. The summed E-state index contributed by atoms with van der Waals surface area (Å²) >= 11 is 0. The third-order valence-corrected chi connectivity index (χ3v) is 3.33. The highest BCUT2D eigenvalue weighted by Crippen LogP contribution is 2.04. The van der Waals surface area contributed by atoms with Crippen molar-refractivity contribution in [2.45, 2.75) is 12.8 Å². The molecule has 0 saturated heterocycles. The number of hydrazine groups is 1. The van der Waals surface area contributed by atoms with E-state index in [4.69, 9.17) is 4.74 Å². The molecule has 0 fully saturated rings. The molecule has 8 heteroatoms. The first kappa shape index (κ1) is 19.6. The van der Waals surface area contributed by atoms with E-state index in [1.165, 1.54) is 0 Å². The highest BCUT2D eigenvalue weighted by atomic mass is 16.5. The van der Waals surface area contributed by atoms with Crippen LogP contribution in [0.5, 0.6) is 0 Å². The molecule has 3 amide bonds. The summed E-state index contributed by atoms with van der Waals surface area (Å²) in [4.78, 5) is 46.6. The zero-order chi connectivity index (χ0) is 19.5. The number of anilines is 1. The lowest BCUT2D eigenvalue weighted by Crippen LogP contribution is -2.41. The third-order valence-electron chi connectivity index (χ3n) is 3.33. The lowest BCUT2D eigenvalue weighted by Gasteiger charge is -2.08. The van der Waals surface area contributed by atoms with Gasteiger partial charge in [0.05, 0.1) is 6.42 Å². The number of benzene rings is 2. The van der Waals surface area contributed by atoms with Crippen molar-refractivity contribution < 1.29 is 23.9 Å². The van der Waals surface area contributed by atoms with Crippen molar-refractivity contribution in [2.75, 3.05) is 11.9 Å². The highest BCUT2D eigenvalue weighted by Gasteiger charge is 2.11. The van der Waals surface area contributed by atoms with Crippen LogP contribution in [0.4, 0.5) is 5.69 Å². The summed E-state index contributed by atoms with van der Waals surface area (Å²) in [5.74, 6) is -2.19. The number of nitrogens with one attached hydrogen (secondary N) is 3. The first-order valence-electron chi connectivity index (χ1n) is 8.19.